The molecule has 94 valence electrons. The normalized spacial score (nSPS) is 10.8. The molecule has 0 atom stereocenters. The fourth-order valence-electron chi connectivity index (χ4n) is 1.52. The van der Waals surface area contributed by atoms with Crippen LogP contribution < -0.4 is 11.2 Å². The van der Waals surface area contributed by atoms with Crippen LogP contribution in [0.3, 0.4) is 0 Å². The van der Waals surface area contributed by atoms with E-state index in [1.165, 1.54) is 5.56 Å². The molecular weight excluding hydrogens is 216 g/mol. The molecule has 1 amide bonds. The molecule has 4 nitrogen and oxygen atoms in total. The molecule has 0 radical (unpaired) electrons. The lowest BCUT2D eigenvalue weighted by Gasteiger charge is -2.07. The maximum absolute atomic E-state index is 10.4. The van der Waals surface area contributed by atoms with E-state index in [0.29, 0.717) is 12.5 Å². The van der Waals surface area contributed by atoms with Crippen molar-refractivity contribution in [2.75, 3.05) is 6.61 Å². The van der Waals surface area contributed by atoms with Gasteiger partial charge in [0, 0.05) is 6.54 Å². The first-order chi connectivity index (χ1) is 8.08. The van der Waals surface area contributed by atoms with Gasteiger partial charge in [-0.15, -0.1) is 0 Å². The van der Waals surface area contributed by atoms with Gasteiger partial charge in [0.05, 0.1) is 0 Å². The molecule has 0 aliphatic heterocycles. The van der Waals surface area contributed by atoms with Crippen LogP contribution in [0.5, 0.6) is 0 Å². The zero-order valence-electron chi connectivity index (χ0n) is 10.4. The molecule has 0 saturated carbocycles. The smallest absolute Gasteiger partial charge is 0.245 e. The molecule has 0 fully saturated rings. The molecule has 0 saturated heterocycles. The minimum atomic E-state index is -0.482. The van der Waals surface area contributed by atoms with Gasteiger partial charge in [0.15, 0.2) is 0 Å². The number of primary amides is 1. The van der Waals surface area contributed by atoms with Gasteiger partial charge in [-0.2, -0.15) is 5.48 Å². The van der Waals surface area contributed by atoms with Crippen LogP contribution in [0.25, 0.3) is 0 Å². The monoisotopic (exact) mass is 236 g/mol. The summed E-state index contributed by atoms with van der Waals surface area (Å²) in [6.45, 7) is 4.86. The number of nitrogens with two attached hydrogens (primary N) is 1. The average Bonchev–Trinajstić information content (AvgIpc) is 2.25. The molecule has 0 bridgehead atoms. The summed E-state index contributed by atoms with van der Waals surface area (Å²) >= 11 is 0. The Morgan fingerprint density at radius 3 is 2.41 bits per heavy atom. The molecule has 0 aromatic heterocycles. The summed E-state index contributed by atoms with van der Waals surface area (Å²) in [5, 5.41) is 0. The minimum Gasteiger partial charge on any atom is -0.368 e. The van der Waals surface area contributed by atoms with Gasteiger partial charge in [-0.05, 0) is 23.5 Å². The highest BCUT2D eigenvalue weighted by molar-refractivity contribution is 5.74. The van der Waals surface area contributed by atoms with Gasteiger partial charge in [0.25, 0.3) is 0 Å². The number of rotatable bonds is 7. The van der Waals surface area contributed by atoms with Crippen molar-refractivity contribution in [3.63, 3.8) is 0 Å². The Labute approximate surface area is 102 Å². The van der Waals surface area contributed by atoms with E-state index in [9.17, 15) is 4.79 Å². The number of amides is 1. The molecule has 0 heterocycles. The van der Waals surface area contributed by atoms with Crippen LogP contribution in [-0.4, -0.2) is 12.5 Å². The second-order valence-corrected chi connectivity index (χ2v) is 4.49. The van der Waals surface area contributed by atoms with Crippen molar-refractivity contribution in [3.8, 4) is 0 Å². The summed E-state index contributed by atoms with van der Waals surface area (Å²) in [7, 11) is 0. The van der Waals surface area contributed by atoms with Crippen LogP contribution in [0.4, 0.5) is 0 Å². The summed E-state index contributed by atoms with van der Waals surface area (Å²) < 4.78 is 0. The van der Waals surface area contributed by atoms with Crippen molar-refractivity contribution in [1.82, 2.24) is 5.48 Å². The van der Waals surface area contributed by atoms with Crippen LogP contribution in [-0.2, 0) is 22.6 Å². The van der Waals surface area contributed by atoms with Gasteiger partial charge in [-0.3, -0.25) is 9.63 Å². The Morgan fingerprint density at radius 1 is 1.29 bits per heavy atom. The van der Waals surface area contributed by atoms with Gasteiger partial charge in [0.1, 0.15) is 6.61 Å². The highest BCUT2D eigenvalue weighted by Crippen LogP contribution is 2.09. The van der Waals surface area contributed by atoms with Crippen LogP contribution in [0.1, 0.15) is 25.0 Å². The zero-order valence-corrected chi connectivity index (χ0v) is 10.4. The molecule has 1 aromatic rings. The molecule has 1 rings (SSSR count). The van der Waals surface area contributed by atoms with E-state index in [1.54, 1.807) is 0 Å². The molecule has 17 heavy (non-hydrogen) atoms. The van der Waals surface area contributed by atoms with E-state index in [1.807, 2.05) is 0 Å². The molecule has 0 aliphatic carbocycles. The maximum Gasteiger partial charge on any atom is 0.245 e. The fraction of sp³-hybridized carbons (Fsp3) is 0.462. The van der Waals surface area contributed by atoms with Gasteiger partial charge in [0.2, 0.25) is 5.91 Å². The third kappa shape index (κ3) is 6.04. The minimum absolute atomic E-state index is 0.106. The number of carbonyl (C=O) groups is 1. The standard InChI is InChI=1S/C13H20N2O2/c1-10(2)7-11-3-5-12(6-4-11)8-15-17-9-13(14)16/h3-6,10,15H,7-9H2,1-2H3,(H2,14,16). The molecule has 3 N–H and O–H groups in total. The Morgan fingerprint density at radius 2 is 1.88 bits per heavy atom. The van der Waals surface area contributed by atoms with Crippen molar-refractivity contribution < 1.29 is 9.63 Å². The number of hydroxylamine groups is 1. The van der Waals surface area contributed by atoms with Crippen LogP contribution in [0, 0.1) is 5.92 Å². The molecule has 4 heteroatoms. The Hall–Kier alpha value is -1.39. The first kappa shape index (κ1) is 13.7. The van der Waals surface area contributed by atoms with Crippen molar-refractivity contribution in [3.05, 3.63) is 35.4 Å². The first-order valence-electron chi connectivity index (χ1n) is 5.78. The van der Waals surface area contributed by atoms with Crippen LogP contribution in [0.2, 0.25) is 0 Å². The highest BCUT2D eigenvalue weighted by atomic mass is 16.6. The summed E-state index contributed by atoms with van der Waals surface area (Å²) in [6.07, 6.45) is 1.09. The predicted octanol–water partition coefficient (Wildman–Crippen LogP) is 1.39. The van der Waals surface area contributed by atoms with Gasteiger partial charge in [-0.1, -0.05) is 38.1 Å². The fourth-order valence-corrected chi connectivity index (χ4v) is 1.52. The molecule has 0 spiro atoms. The van der Waals surface area contributed by atoms with Gasteiger partial charge >= 0.3 is 0 Å². The van der Waals surface area contributed by atoms with Crippen molar-refractivity contribution in [1.29, 1.82) is 0 Å². The maximum atomic E-state index is 10.4. The second kappa shape index (κ2) is 7.04. The van der Waals surface area contributed by atoms with Gasteiger partial charge < -0.3 is 5.73 Å². The Kier molecular flexibility index (Phi) is 5.66. The quantitative estimate of drug-likeness (QED) is 0.555. The highest BCUT2D eigenvalue weighted by Gasteiger charge is 1.99. The van der Waals surface area contributed by atoms with Crippen molar-refractivity contribution >= 4 is 5.91 Å². The van der Waals surface area contributed by atoms with Gasteiger partial charge in [-0.25, -0.2) is 0 Å². The number of benzene rings is 1. The molecule has 1 aromatic carbocycles. The van der Waals surface area contributed by atoms with E-state index in [2.05, 4.69) is 43.6 Å². The number of hydrogen-bond donors (Lipinski definition) is 2. The van der Waals surface area contributed by atoms with Crippen molar-refractivity contribution in [2.45, 2.75) is 26.8 Å². The van der Waals surface area contributed by atoms with Crippen molar-refractivity contribution in [2.24, 2.45) is 11.7 Å². The molecule has 0 unspecified atom stereocenters. The lowest BCUT2D eigenvalue weighted by molar-refractivity contribution is -0.125. The van der Waals surface area contributed by atoms with E-state index in [4.69, 9.17) is 10.6 Å². The zero-order chi connectivity index (χ0) is 12.7. The molecular formula is C13H20N2O2. The van der Waals surface area contributed by atoms with E-state index in [-0.39, 0.29) is 6.61 Å². The summed E-state index contributed by atoms with van der Waals surface area (Å²) in [5.41, 5.74) is 10.1. The Bertz CT molecular complexity index is 347. The summed E-state index contributed by atoms with van der Waals surface area (Å²) in [6, 6.07) is 8.34. The largest absolute Gasteiger partial charge is 0.368 e. The third-order valence-corrected chi connectivity index (χ3v) is 2.26. The average molecular weight is 236 g/mol. The second-order valence-electron chi connectivity index (χ2n) is 4.49. The van der Waals surface area contributed by atoms with E-state index >= 15 is 0 Å². The number of hydrogen-bond acceptors (Lipinski definition) is 3. The SMILES string of the molecule is CC(C)Cc1ccc(CNOCC(N)=O)cc1. The Balaban J connectivity index is 2.32. The van der Waals surface area contributed by atoms with Crippen LogP contribution in [0.15, 0.2) is 24.3 Å². The van der Waals surface area contributed by atoms with E-state index in [0.717, 1.165) is 12.0 Å². The lowest BCUT2D eigenvalue weighted by Crippen LogP contribution is -2.24. The number of nitrogens with one attached hydrogen (secondary N) is 1. The molecule has 0 aliphatic rings. The predicted molar refractivity (Wildman–Crippen MR) is 67.0 cm³/mol. The first-order valence-corrected chi connectivity index (χ1v) is 5.78. The topological polar surface area (TPSA) is 64.3 Å². The summed E-state index contributed by atoms with van der Waals surface area (Å²) in [5.74, 6) is 0.183. The van der Waals surface area contributed by atoms with E-state index < -0.39 is 5.91 Å². The summed E-state index contributed by atoms with van der Waals surface area (Å²) in [4.78, 5) is 15.3. The lowest BCUT2D eigenvalue weighted by atomic mass is 10.0. The number of carbonyl (C=O) groups excluding carboxylic acids is 1. The third-order valence-electron chi connectivity index (χ3n) is 2.26. The van der Waals surface area contributed by atoms with Crippen LogP contribution >= 0.6 is 0 Å².